The number of anilines is 1. The van der Waals surface area contributed by atoms with Crippen LogP contribution in [0.5, 0.6) is 5.75 Å². The van der Waals surface area contributed by atoms with Crippen molar-refractivity contribution in [1.82, 2.24) is 19.7 Å². The van der Waals surface area contributed by atoms with Crippen LogP contribution in [0.15, 0.2) is 36.8 Å². The van der Waals surface area contributed by atoms with Crippen LogP contribution in [0.2, 0.25) is 0 Å². The summed E-state index contributed by atoms with van der Waals surface area (Å²) in [7, 11) is 3.25. The molecule has 3 aromatic rings. The van der Waals surface area contributed by atoms with Crippen molar-refractivity contribution in [1.29, 1.82) is 5.26 Å². The fraction of sp³-hybridized carbons (Fsp3) is 0.333. The average Bonchev–Trinajstić information content (AvgIpc) is 3.21. The van der Waals surface area contributed by atoms with Crippen molar-refractivity contribution in [3.63, 3.8) is 0 Å². The molecule has 0 spiro atoms. The van der Waals surface area contributed by atoms with Gasteiger partial charge in [-0.25, -0.2) is 9.37 Å². The summed E-state index contributed by atoms with van der Waals surface area (Å²) in [5.41, 5.74) is 0.718. The van der Waals surface area contributed by atoms with Crippen LogP contribution in [0.1, 0.15) is 24.2 Å². The van der Waals surface area contributed by atoms with Crippen molar-refractivity contribution in [2.75, 3.05) is 25.1 Å². The molecule has 154 valence electrons. The Bertz CT molecular complexity index is 1100. The molecule has 1 fully saturated rings. The molecule has 0 bridgehead atoms. The number of rotatable bonds is 4. The number of halogens is 2. The minimum Gasteiger partial charge on any atom is -0.496 e. The van der Waals surface area contributed by atoms with Gasteiger partial charge in [-0.2, -0.15) is 9.65 Å². The van der Waals surface area contributed by atoms with Crippen LogP contribution in [0, 0.1) is 17.3 Å². The second kappa shape index (κ2) is 7.71. The van der Waals surface area contributed by atoms with E-state index in [0.717, 1.165) is 0 Å². The molecule has 0 saturated carbocycles. The van der Waals surface area contributed by atoms with Gasteiger partial charge in [0.1, 0.15) is 18.1 Å². The summed E-state index contributed by atoms with van der Waals surface area (Å²) in [4.78, 5) is 5.70. The van der Waals surface area contributed by atoms with Crippen LogP contribution in [0.25, 0.3) is 11.1 Å². The summed E-state index contributed by atoms with van der Waals surface area (Å²) in [6.45, 7) is 0.736. The number of piperidine rings is 1. The number of pyridine rings is 1. The molecule has 0 amide bonds. The topological polar surface area (TPSA) is 79.9 Å². The molecular formula is C21H20F2N6O. The van der Waals surface area contributed by atoms with E-state index in [9.17, 15) is 9.65 Å². The van der Waals surface area contributed by atoms with Gasteiger partial charge in [0.2, 0.25) is 5.95 Å². The monoisotopic (exact) mass is 410 g/mol. The molecule has 2 aromatic heterocycles. The largest absolute Gasteiger partial charge is 0.496 e. The van der Waals surface area contributed by atoms with Gasteiger partial charge in [0.25, 0.3) is 0 Å². The molecule has 9 heteroatoms. The fourth-order valence-electron chi connectivity index (χ4n) is 3.96. The normalized spacial score (nSPS) is 15.6. The Morgan fingerprint density at radius 2 is 1.97 bits per heavy atom. The van der Waals surface area contributed by atoms with Crippen molar-refractivity contribution in [3.8, 4) is 22.9 Å². The maximum atomic E-state index is 15.6. The number of nitriles is 1. The first-order valence-corrected chi connectivity index (χ1v) is 9.48. The van der Waals surface area contributed by atoms with Crippen molar-refractivity contribution in [3.05, 3.63) is 54.1 Å². The first kappa shape index (κ1) is 19.8. The van der Waals surface area contributed by atoms with Gasteiger partial charge in [-0.3, -0.25) is 0 Å². The molecule has 4 rings (SSSR count). The molecular weight excluding hydrogens is 390 g/mol. The van der Waals surface area contributed by atoms with E-state index in [-0.39, 0.29) is 12.8 Å². The maximum Gasteiger partial charge on any atom is 0.212 e. The lowest BCUT2D eigenvalue weighted by atomic mass is 9.90. The number of hydrogen-bond donors (Lipinski definition) is 0. The molecule has 0 aliphatic carbocycles. The highest BCUT2D eigenvalue weighted by Gasteiger charge is 2.41. The second-order valence-corrected chi connectivity index (χ2v) is 7.24. The average molecular weight is 410 g/mol. The number of nitrogens with zero attached hydrogens (tertiary/aromatic N) is 6. The summed E-state index contributed by atoms with van der Waals surface area (Å²) in [5, 5.41) is 17.5. The fourth-order valence-corrected chi connectivity index (χ4v) is 3.96. The van der Waals surface area contributed by atoms with Crippen molar-refractivity contribution in [2.45, 2.75) is 18.5 Å². The Kier molecular flexibility index (Phi) is 5.08. The highest BCUT2D eigenvalue weighted by atomic mass is 19.1. The third-order valence-electron chi connectivity index (χ3n) is 5.48. The molecule has 1 saturated heterocycles. The molecule has 30 heavy (non-hydrogen) atoms. The Hall–Kier alpha value is -3.54. The lowest BCUT2D eigenvalue weighted by molar-refractivity contribution is 0.109. The molecule has 1 aliphatic heterocycles. The van der Waals surface area contributed by atoms with E-state index in [4.69, 9.17) is 4.74 Å². The van der Waals surface area contributed by atoms with Crippen LogP contribution >= 0.6 is 0 Å². The van der Waals surface area contributed by atoms with Crippen molar-refractivity contribution < 1.29 is 13.5 Å². The first-order valence-electron chi connectivity index (χ1n) is 9.48. The van der Waals surface area contributed by atoms with E-state index < -0.39 is 11.6 Å². The zero-order valence-corrected chi connectivity index (χ0v) is 16.6. The predicted octanol–water partition coefficient (Wildman–Crippen LogP) is 3.36. The lowest BCUT2D eigenvalue weighted by Gasteiger charge is -2.38. The van der Waals surface area contributed by atoms with Gasteiger partial charge in [-0.05, 0) is 24.3 Å². The molecule has 0 unspecified atom stereocenters. The predicted molar refractivity (Wildman–Crippen MR) is 106 cm³/mol. The number of alkyl halides is 1. The standard InChI is InChI=1S/C21H20F2N6O/c1-28-13-26-27-20(28)21(23)7-9-29(10-8-21)19-14(11-24)3-5-16(30-2)18(19)15-4-6-17(22)25-12-15/h3-6,12-13H,7-10H2,1-2H3. The van der Waals surface area contributed by atoms with E-state index in [0.29, 0.717) is 47.0 Å². The van der Waals surface area contributed by atoms with Crippen LogP contribution in [-0.2, 0) is 12.7 Å². The van der Waals surface area contributed by atoms with Crippen LogP contribution in [0.3, 0.4) is 0 Å². The first-order chi connectivity index (χ1) is 14.5. The number of benzene rings is 1. The Morgan fingerprint density at radius 3 is 2.53 bits per heavy atom. The molecule has 0 N–H and O–H groups in total. The second-order valence-electron chi connectivity index (χ2n) is 7.24. The summed E-state index contributed by atoms with van der Waals surface area (Å²) in [5.74, 6) is 0.235. The molecule has 7 nitrogen and oxygen atoms in total. The van der Waals surface area contributed by atoms with Gasteiger partial charge in [0.15, 0.2) is 11.5 Å². The highest BCUT2D eigenvalue weighted by Crippen LogP contribution is 2.44. The zero-order chi connectivity index (χ0) is 21.3. The van der Waals surface area contributed by atoms with Crippen molar-refractivity contribution >= 4 is 5.69 Å². The van der Waals surface area contributed by atoms with Gasteiger partial charge in [-0.15, -0.1) is 10.2 Å². The SMILES string of the molecule is COc1ccc(C#N)c(N2CCC(F)(c3nncn3C)CC2)c1-c1ccc(F)nc1. The van der Waals surface area contributed by atoms with E-state index >= 15 is 4.39 Å². The number of aryl methyl sites for hydroxylation is 1. The number of hydrogen-bond acceptors (Lipinski definition) is 6. The van der Waals surface area contributed by atoms with Crippen LogP contribution in [-0.4, -0.2) is 39.9 Å². The van der Waals surface area contributed by atoms with E-state index in [1.54, 1.807) is 29.8 Å². The highest BCUT2D eigenvalue weighted by molar-refractivity contribution is 5.87. The smallest absolute Gasteiger partial charge is 0.212 e. The summed E-state index contributed by atoms with van der Waals surface area (Å²) in [6.07, 6.45) is 3.28. The Morgan fingerprint density at radius 1 is 1.20 bits per heavy atom. The van der Waals surface area contributed by atoms with Gasteiger partial charge in [0.05, 0.1) is 23.9 Å². The molecule has 1 aliphatic rings. The minimum atomic E-state index is -1.59. The van der Waals surface area contributed by atoms with Gasteiger partial charge >= 0.3 is 0 Å². The van der Waals surface area contributed by atoms with E-state index in [2.05, 4.69) is 21.3 Å². The van der Waals surface area contributed by atoms with Gasteiger partial charge in [0, 0.05) is 44.7 Å². The number of ether oxygens (including phenoxy) is 1. The third-order valence-corrected chi connectivity index (χ3v) is 5.48. The van der Waals surface area contributed by atoms with E-state index in [1.807, 2.05) is 4.90 Å². The summed E-state index contributed by atoms with van der Waals surface area (Å²) >= 11 is 0. The molecule has 3 heterocycles. The minimum absolute atomic E-state index is 0.197. The lowest BCUT2D eigenvalue weighted by Crippen LogP contribution is -2.42. The maximum absolute atomic E-state index is 15.6. The van der Waals surface area contributed by atoms with Gasteiger partial charge in [-0.1, -0.05) is 0 Å². The Balaban J connectivity index is 1.75. The van der Waals surface area contributed by atoms with Crippen LogP contribution in [0.4, 0.5) is 14.5 Å². The summed E-state index contributed by atoms with van der Waals surface area (Å²) < 4.78 is 36.1. The molecule has 0 atom stereocenters. The zero-order valence-electron chi connectivity index (χ0n) is 16.6. The van der Waals surface area contributed by atoms with Gasteiger partial charge < -0.3 is 14.2 Å². The van der Waals surface area contributed by atoms with E-state index in [1.165, 1.54) is 25.7 Å². The number of methoxy groups -OCH3 is 1. The van der Waals surface area contributed by atoms with Crippen molar-refractivity contribution in [2.24, 2.45) is 7.05 Å². The quantitative estimate of drug-likeness (QED) is 0.614. The molecule has 1 aromatic carbocycles. The molecule has 0 radical (unpaired) electrons. The summed E-state index contributed by atoms with van der Waals surface area (Å²) in [6, 6.07) is 8.43. The van der Waals surface area contributed by atoms with Crippen LogP contribution < -0.4 is 9.64 Å². The number of aromatic nitrogens is 4. The third kappa shape index (κ3) is 3.34. The Labute approximate surface area is 172 Å².